The van der Waals surface area contributed by atoms with Gasteiger partial charge in [-0.05, 0) is 44.2 Å². The molecule has 7 heteroatoms. The molecule has 0 amide bonds. The maximum Gasteiger partial charge on any atom is 0.308 e. The van der Waals surface area contributed by atoms with E-state index in [2.05, 4.69) is 4.72 Å². The fraction of sp³-hybridized carbons (Fsp3) is 0.562. The number of benzene rings is 1. The number of nitrogens with one attached hydrogen (secondary N) is 1. The molecule has 6 nitrogen and oxygen atoms in total. The van der Waals surface area contributed by atoms with E-state index in [0.717, 1.165) is 5.56 Å². The predicted octanol–water partition coefficient (Wildman–Crippen LogP) is 1.71. The molecule has 1 heterocycles. The van der Waals surface area contributed by atoms with Crippen molar-refractivity contribution in [2.45, 2.75) is 31.6 Å². The minimum Gasteiger partial charge on any atom is -0.481 e. The van der Waals surface area contributed by atoms with Crippen LogP contribution in [0.2, 0.25) is 0 Å². The van der Waals surface area contributed by atoms with Crippen molar-refractivity contribution in [1.82, 2.24) is 4.72 Å². The smallest absolute Gasteiger partial charge is 0.308 e. The Morgan fingerprint density at radius 3 is 2.57 bits per heavy atom. The van der Waals surface area contributed by atoms with Crippen molar-refractivity contribution in [2.75, 3.05) is 19.8 Å². The van der Waals surface area contributed by atoms with Gasteiger partial charge in [-0.15, -0.1) is 0 Å². The molecule has 1 aromatic carbocycles. The lowest BCUT2D eigenvalue weighted by atomic mass is 9.86. The van der Waals surface area contributed by atoms with Gasteiger partial charge in [0.25, 0.3) is 0 Å². The third-order valence-electron chi connectivity index (χ3n) is 4.27. The van der Waals surface area contributed by atoms with Crippen LogP contribution in [0.1, 0.15) is 24.0 Å². The van der Waals surface area contributed by atoms with Gasteiger partial charge in [0, 0.05) is 19.8 Å². The van der Waals surface area contributed by atoms with Crippen molar-refractivity contribution in [2.24, 2.45) is 11.8 Å². The van der Waals surface area contributed by atoms with E-state index in [1.807, 2.05) is 6.92 Å². The first-order valence-corrected chi connectivity index (χ1v) is 9.17. The highest BCUT2D eigenvalue weighted by molar-refractivity contribution is 7.89. The summed E-state index contributed by atoms with van der Waals surface area (Å²) in [6.07, 6.45) is 1.28. The molecule has 1 atom stereocenters. The Morgan fingerprint density at radius 1 is 1.35 bits per heavy atom. The zero-order valence-corrected chi connectivity index (χ0v) is 14.2. The van der Waals surface area contributed by atoms with E-state index in [1.165, 1.54) is 0 Å². The highest BCUT2D eigenvalue weighted by Gasteiger charge is 2.31. The van der Waals surface area contributed by atoms with Crippen molar-refractivity contribution >= 4 is 16.0 Å². The molecule has 1 aromatic rings. The van der Waals surface area contributed by atoms with Crippen molar-refractivity contribution < 1.29 is 23.1 Å². The van der Waals surface area contributed by atoms with E-state index in [4.69, 9.17) is 4.74 Å². The van der Waals surface area contributed by atoms with Gasteiger partial charge >= 0.3 is 5.97 Å². The maximum atomic E-state index is 12.4. The zero-order chi connectivity index (χ0) is 17.0. The second-order valence-electron chi connectivity index (χ2n) is 6.02. The summed E-state index contributed by atoms with van der Waals surface area (Å²) in [5.41, 5.74) is 1.63. The molecule has 128 valence electrons. The maximum absolute atomic E-state index is 12.4. The quantitative estimate of drug-likeness (QED) is 0.822. The Morgan fingerprint density at radius 2 is 2.00 bits per heavy atom. The number of hydrogen-bond donors (Lipinski definition) is 2. The Hall–Kier alpha value is -1.44. The number of carbonyl (C=O) groups is 1. The topological polar surface area (TPSA) is 92.7 Å². The van der Waals surface area contributed by atoms with E-state index in [9.17, 15) is 18.3 Å². The number of hydrogen-bond acceptors (Lipinski definition) is 4. The number of sulfonamides is 1. The normalized spacial score (nSPS) is 17.8. The summed E-state index contributed by atoms with van der Waals surface area (Å²) in [5, 5.41) is 9.41. The number of ether oxygens (including phenoxy) is 1. The van der Waals surface area contributed by atoms with Crippen LogP contribution in [0, 0.1) is 25.7 Å². The van der Waals surface area contributed by atoms with Gasteiger partial charge < -0.3 is 9.84 Å². The molecule has 2 rings (SSSR count). The third-order valence-corrected chi connectivity index (χ3v) is 5.85. The van der Waals surface area contributed by atoms with Crippen LogP contribution >= 0.6 is 0 Å². The molecule has 0 spiro atoms. The van der Waals surface area contributed by atoms with Gasteiger partial charge in [0.15, 0.2) is 0 Å². The summed E-state index contributed by atoms with van der Waals surface area (Å²) in [4.78, 5) is 11.7. The highest BCUT2D eigenvalue weighted by atomic mass is 32.2. The first-order chi connectivity index (χ1) is 10.8. The van der Waals surface area contributed by atoms with E-state index in [1.54, 1.807) is 25.1 Å². The van der Waals surface area contributed by atoms with Gasteiger partial charge in [-0.2, -0.15) is 0 Å². The van der Waals surface area contributed by atoms with Gasteiger partial charge in [-0.3, -0.25) is 4.79 Å². The molecular weight excluding hydrogens is 318 g/mol. The molecule has 1 saturated heterocycles. The highest BCUT2D eigenvalue weighted by Crippen LogP contribution is 2.24. The average molecular weight is 341 g/mol. The lowest BCUT2D eigenvalue weighted by Gasteiger charge is -2.27. The van der Waals surface area contributed by atoms with Gasteiger partial charge in [0.2, 0.25) is 10.0 Å². The second kappa shape index (κ2) is 7.42. The monoisotopic (exact) mass is 341 g/mol. The minimum absolute atomic E-state index is 0.0666. The summed E-state index contributed by atoms with van der Waals surface area (Å²) >= 11 is 0. The summed E-state index contributed by atoms with van der Waals surface area (Å²) in [7, 11) is -3.72. The van der Waals surface area contributed by atoms with Crippen LogP contribution in [0.3, 0.4) is 0 Å². The summed E-state index contributed by atoms with van der Waals surface area (Å²) < 4.78 is 32.6. The van der Waals surface area contributed by atoms with Crippen LogP contribution < -0.4 is 4.72 Å². The average Bonchev–Trinajstić information content (AvgIpc) is 2.47. The van der Waals surface area contributed by atoms with E-state index >= 15 is 0 Å². The molecule has 0 bridgehead atoms. The van der Waals surface area contributed by atoms with E-state index < -0.39 is 21.9 Å². The molecule has 23 heavy (non-hydrogen) atoms. The Labute approximate surface area is 136 Å². The molecule has 0 saturated carbocycles. The lowest BCUT2D eigenvalue weighted by Crippen LogP contribution is -2.39. The van der Waals surface area contributed by atoms with Crippen molar-refractivity contribution in [3.05, 3.63) is 29.3 Å². The first kappa shape index (κ1) is 17.9. The van der Waals surface area contributed by atoms with Crippen molar-refractivity contribution in [3.63, 3.8) is 0 Å². The fourth-order valence-corrected chi connectivity index (χ4v) is 4.24. The molecule has 2 N–H and O–H groups in total. The van der Waals surface area contributed by atoms with Crippen molar-refractivity contribution in [3.8, 4) is 0 Å². The molecule has 0 aliphatic carbocycles. The third kappa shape index (κ3) is 4.53. The lowest BCUT2D eigenvalue weighted by molar-refractivity contribution is -0.144. The van der Waals surface area contributed by atoms with Crippen molar-refractivity contribution in [1.29, 1.82) is 0 Å². The van der Waals surface area contributed by atoms with Crippen LogP contribution in [0.15, 0.2) is 23.1 Å². The Balaban J connectivity index is 2.11. The van der Waals surface area contributed by atoms with Gasteiger partial charge in [-0.1, -0.05) is 17.7 Å². The standard InChI is InChI=1S/C16H23NO5S/c1-11-3-4-15(12(2)9-11)23(20,21)17-10-14(16(18)19)13-5-7-22-8-6-13/h3-4,9,13-14,17H,5-8,10H2,1-2H3,(H,18,19). The van der Waals surface area contributed by atoms with E-state index in [0.29, 0.717) is 31.6 Å². The Bertz CT molecular complexity index is 665. The number of rotatable bonds is 6. The van der Waals surface area contributed by atoms with Gasteiger partial charge in [0.05, 0.1) is 10.8 Å². The van der Waals surface area contributed by atoms with Crippen LogP contribution in [0.25, 0.3) is 0 Å². The SMILES string of the molecule is Cc1ccc(S(=O)(=O)NCC(C(=O)O)C2CCOCC2)c(C)c1. The van der Waals surface area contributed by atoms with Gasteiger partial charge in [-0.25, -0.2) is 13.1 Å². The molecule has 0 aromatic heterocycles. The molecule has 1 fully saturated rings. The van der Waals surface area contributed by atoms with Crippen LogP contribution in [-0.4, -0.2) is 39.3 Å². The summed E-state index contributed by atoms with van der Waals surface area (Å²) in [6.45, 7) is 4.57. The van der Waals surface area contributed by atoms with Crippen LogP contribution in [0.5, 0.6) is 0 Å². The molecule has 1 aliphatic heterocycles. The molecular formula is C16H23NO5S. The summed E-state index contributed by atoms with van der Waals surface area (Å²) in [6, 6.07) is 5.08. The predicted molar refractivity (Wildman–Crippen MR) is 85.8 cm³/mol. The van der Waals surface area contributed by atoms with Gasteiger partial charge in [0.1, 0.15) is 0 Å². The second-order valence-corrected chi connectivity index (χ2v) is 7.75. The molecule has 0 radical (unpaired) electrons. The number of carboxylic acid groups (broad SMARTS) is 1. The van der Waals surface area contributed by atoms with Crippen LogP contribution in [-0.2, 0) is 19.6 Å². The zero-order valence-electron chi connectivity index (χ0n) is 13.4. The molecule has 1 unspecified atom stereocenters. The fourth-order valence-electron chi connectivity index (χ4n) is 2.95. The van der Waals surface area contributed by atoms with Crippen LogP contribution in [0.4, 0.5) is 0 Å². The van der Waals surface area contributed by atoms with E-state index in [-0.39, 0.29) is 17.4 Å². The number of aliphatic carboxylic acids is 1. The Kier molecular flexibility index (Phi) is 5.78. The largest absolute Gasteiger partial charge is 0.481 e. The molecule has 1 aliphatic rings. The number of carboxylic acids is 1. The number of aryl methyl sites for hydroxylation is 2. The first-order valence-electron chi connectivity index (χ1n) is 7.69. The minimum atomic E-state index is -3.72. The summed E-state index contributed by atoms with van der Waals surface area (Å²) in [5.74, 6) is -1.78.